The van der Waals surface area contributed by atoms with Crippen LogP contribution in [0.25, 0.3) is 17.2 Å². The molecule has 0 heterocycles. The van der Waals surface area contributed by atoms with Crippen LogP contribution < -0.4 is 5.73 Å². The van der Waals surface area contributed by atoms with Crippen LogP contribution in [-0.2, 0) is 11.2 Å². The van der Waals surface area contributed by atoms with Crippen LogP contribution in [0.5, 0.6) is 0 Å². The van der Waals surface area contributed by atoms with Crippen molar-refractivity contribution in [1.29, 1.82) is 0 Å². The molecule has 0 aromatic heterocycles. The number of unbranched alkanes of at least 4 members (excludes halogenated alkanes) is 1. The molecule has 0 spiro atoms. The van der Waals surface area contributed by atoms with Gasteiger partial charge in [0, 0.05) is 6.08 Å². The van der Waals surface area contributed by atoms with E-state index in [9.17, 15) is 4.79 Å². The highest BCUT2D eigenvalue weighted by Gasteiger charge is 1.99. The second kappa shape index (κ2) is 7.44. The summed E-state index contributed by atoms with van der Waals surface area (Å²) < 4.78 is 0. The van der Waals surface area contributed by atoms with Gasteiger partial charge in [-0.1, -0.05) is 55.8 Å². The third-order valence-corrected chi connectivity index (χ3v) is 3.43. The van der Waals surface area contributed by atoms with Crippen LogP contribution in [-0.4, -0.2) is 5.91 Å². The number of benzene rings is 2. The Hall–Kier alpha value is -2.35. The minimum absolute atomic E-state index is 0.430. The maximum absolute atomic E-state index is 10.8. The van der Waals surface area contributed by atoms with E-state index in [0.29, 0.717) is 0 Å². The molecule has 0 bridgehead atoms. The van der Waals surface area contributed by atoms with Gasteiger partial charge in [0.05, 0.1) is 0 Å². The highest BCUT2D eigenvalue weighted by atomic mass is 16.1. The van der Waals surface area contributed by atoms with Crippen molar-refractivity contribution in [1.82, 2.24) is 0 Å². The summed E-state index contributed by atoms with van der Waals surface area (Å²) in [7, 11) is 0. The Labute approximate surface area is 126 Å². The summed E-state index contributed by atoms with van der Waals surface area (Å²) in [5, 5.41) is 0. The summed E-state index contributed by atoms with van der Waals surface area (Å²) in [5.74, 6) is -0.430. The fourth-order valence-electron chi connectivity index (χ4n) is 2.25. The van der Waals surface area contributed by atoms with Crippen molar-refractivity contribution in [2.24, 2.45) is 5.73 Å². The molecule has 2 rings (SSSR count). The normalized spacial score (nSPS) is 10.9. The van der Waals surface area contributed by atoms with E-state index in [2.05, 4.69) is 43.3 Å². The number of amides is 1. The largest absolute Gasteiger partial charge is 0.366 e. The summed E-state index contributed by atoms with van der Waals surface area (Å²) >= 11 is 0. The summed E-state index contributed by atoms with van der Waals surface area (Å²) in [6.45, 7) is 2.21. The predicted molar refractivity (Wildman–Crippen MR) is 88.7 cm³/mol. The zero-order valence-electron chi connectivity index (χ0n) is 12.4. The Morgan fingerprint density at radius 1 is 1.10 bits per heavy atom. The lowest BCUT2D eigenvalue weighted by Gasteiger charge is -2.05. The number of hydrogen-bond donors (Lipinski definition) is 1. The maximum atomic E-state index is 10.8. The lowest BCUT2D eigenvalue weighted by molar-refractivity contribution is -0.113. The van der Waals surface area contributed by atoms with E-state index >= 15 is 0 Å². The minimum Gasteiger partial charge on any atom is -0.366 e. The van der Waals surface area contributed by atoms with E-state index < -0.39 is 5.91 Å². The Morgan fingerprint density at radius 2 is 1.86 bits per heavy atom. The first kappa shape index (κ1) is 15.0. The van der Waals surface area contributed by atoms with Crippen molar-refractivity contribution in [2.75, 3.05) is 0 Å². The topological polar surface area (TPSA) is 43.1 Å². The van der Waals surface area contributed by atoms with E-state index in [0.717, 1.165) is 17.5 Å². The average molecular weight is 279 g/mol. The van der Waals surface area contributed by atoms with Crippen LogP contribution in [0.15, 0.2) is 54.6 Å². The summed E-state index contributed by atoms with van der Waals surface area (Å²) in [6, 6.07) is 16.8. The molecule has 0 atom stereocenters. The van der Waals surface area contributed by atoms with Crippen LogP contribution in [0.2, 0.25) is 0 Å². The molecular weight excluding hydrogens is 258 g/mol. The van der Waals surface area contributed by atoms with Crippen molar-refractivity contribution in [3.8, 4) is 11.1 Å². The highest BCUT2D eigenvalue weighted by Crippen LogP contribution is 2.22. The fraction of sp³-hybridized carbons (Fsp3) is 0.211. The van der Waals surface area contributed by atoms with E-state index in [1.807, 2.05) is 12.1 Å². The fourth-order valence-corrected chi connectivity index (χ4v) is 2.25. The highest BCUT2D eigenvalue weighted by molar-refractivity contribution is 5.90. The van der Waals surface area contributed by atoms with E-state index in [-0.39, 0.29) is 0 Å². The molecule has 0 aliphatic heterocycles. The average Bonchev–Trinajstić information content (AvgIpc) is 2.52. The Kier molecular flexibility index (Phi) is 5.33. The Balaban J connectivity index is 2.17. The third-order valence-electron chi connectivity index (χ3n) is 3.43. The molecule has 1 amide bonds. The SMILES string of the molecule is CCCCc1ccc(-c2cccc(/C=C\C(N)=O)c2)cc1. The first-order valence-corrected chi connectivity index (χ1v) is 7.36. The Bertz CT molecular complexity index is 626. The van der Waals surface area contributed by atoms with Crippen LogP contribution in [0, 0.1) is 0 Å². The molecule has 2 aromatic carbocycles. The number of carbonyl (C=O) groups is 1. The number of aryl methyl sites for hydroxylation is 1. The number of carbonyl (C=O) groups excluding carboxylic acids is 1. The number of rotatable bonds is 6. The van der Waals surface area contributed by atoms with Crippen LogP contribution >= 0.6 is 0 Å². The van der Waals surface area contributed by atoms with Gasteiger partial charge in [-0.25, -0.2) is 0 Å². The number of nitrogens with two attached hydrogens (primary N) is 1. The van der Waals surface area contributed by atoms with Gasteiger partial charge in [-0.15, -0.1) is 0 Å². The number of hydrogen-bond acceptors (Lipinski definition) is 1. The molecule has 21 heavy (non-hydrogen) atoms. The molecule has 2 aromatic rings. The van der Waals surface area contributed by atoms with Gasteiger partial charge >= 0.3 is 0 Å². The molecule has 0 unspecified atom stereocenters. The van der Waals surface area contributed by atoms with E-state index in [4.69, 9.17) is 5.73 Å². The zero-order valence-corrected chi connectivity index (χ0v) is 12.4. The van der Waals surface area contributed by atoms with Crippen molar-refractivity contribution in [3.05, 3.63) is 65.7 Å². The summed E-state index contributed by atoms with van der Waals surface area (Å²) in [4.78, 5) is 10.8. The lowest BCUT2D eigenvalue weighted by atomic mass is 10.00. The standard InChI is InChI=1S/C19H21NO/c1-2-3-5-15-8-11-17(12-9-15)18-7-4-6-16(14-18)10-13-19(20)21/h4,6-14H,2-3,5H2,1H3,(H2,20,21)/b13-10-. The molecule has 0 saturated heterocycles. The molecule has 108 valence electrons. The van der Waals surface area contributed by atoms with Gasteiger partial charge < -0.3 is 5.73 Å². The summed E-state index contributed by atoms with van der Waals surface area (Å²) in [5.41, 5.74) is 9.80. The molecular formula is C19H21NO. The molecule has 0 radical (unpaired) electrons. The van der Waals surface area contributed by atoms with Crippen molar-refractivity contribution >= 4 is 12.0 Å². The van der Waals surface area contributed by atoms with Gasteiger partial charge in [-0.05, 0) is 47.2 Å². The van der Waals surface area contributed by atoms with Gasteiger partial charge in [0.25, 0.3) is 0 Å². The number of primary amides is 1. The van der Waals surface area contributed by atoms with Gasteiger partial charge in [-0.2, -0.15) is 0 Å². The van der Waals surface area contributed by atoms with Crippen LogP contribution in [0.4, 0.5) is 0 Å². The van der Waals surface area contributed by atoms with Gasteiger partial charge in [0.1, 0.15) is 0 Å². The molecule has 0 aliphatic rings. The smallest absolute Gasteiger partial charge is 0.241 e. The summed E-state index contributed by atoms with van der Waals surface area (Å²) in [6.07, 6.45) is 6.70. The second-order valence-corrected chi connectivity index (χ2v) is 5.16. The molecule has 0 saturated carbocycles. The monoisotopic (exact) mass is 279 g/mol. The van der Waals surface area contributed by atoms with Crippen LogP contribution in [0.3, 0.4) is 0 Å². The van der Waals surface area contributed by atoms with Crippen molar-refractivity contribution < 1.29 is 4.79 Å². The van der Waals surface area contributed by atoms with Gasteiger partial charge in [0.15, 0.2) is 0 Å². The third kappa shape index (κ3) is 4.60. The molecule has 2 heteroatoms. The van der Waals surface area contributed by atoms with E-state index in [1.165, 1.54) is 30.0 Å². The quantitative estimate of drug-likeness (QED) is 0.791. The molecule has 0 fully saturated rings. The maximum Gasteiger partial charge on any atom is 0.241 e. The van der Waals surface area contributed by atoms with Gasteiger partial charge in [0.2, 0.25) is 5.91 Å². The minimum atomic E-state index is -0.430. The predicted octanol–water partition coefficient (Wildman–Crippen LogP) is 4.19. The van der Waals surface area contributed by atoms with Gasteiger partial charge in [-0.3, -0.25) is 4.79 Å². The molecule has 2 nitrogen and oxygen atoms in total. The zero-order chi connectivity index (χ0) is 15.1. The Morgan fingerprint density at radius 3 is 2.52 bits per heavy atom. The van der Waals surface area contributed by atoms with Crippen molar-refractivity contribution in [2.45, 2.75) is 26.2 Å². The van der Waals surface area contributed by atoms with Crippen LogP contribution in [0.1, 0.15) is 30.9 Å². The second-order valence-electron chi connectivity index (χ2n) is 5.16. The molecule has 2 N–H and O–H groups in total. The lowest BCUT2D eigenvalue weighted by Crippen LogP contribution is -2.05. The first-order chi connectivity index (χ1) is 10.2. The van der Waals surface area contributed by atoms with E-state index in [1.54, 1.807) is 6.08 Å². The first-order valence-electron chi connectivity index (χ1n) is 7.36. The molecule has 0 aliphatic carbocycles. The van der Waals surface area contributed by atoms with Crippen molar-refractivity contribution in [3.63, 3.8) is 0 Å².